The fourth-order valence-corrected chi connectivity index (χ4v) is 2.02. The minimum Gasteiger partial charge on any atom is -0.347 e. The number of nitrogens with two attached hydrogens (primary N) is 1. The topological polar surface area (TPSA) is 85.8 Å². The third-order valence-corrected chi connectivity index (χ3v) is 3.27. The van der Waals surface area contributed by atoms with Crippen LogP contribution in [0.1, 0.15) is 38.4 Å². The summed E-state index contributed by atoms with van der Waals surface area (Å²) in [7, 11) is 0. The standard InChI is InChI=1S/C15H21N5O/c1-3-7-13(16)15(21)17-11(2)14-10-20(19-18-14)12-8-5-4-6-9-12/h4-6,8-11,13H,3,7,16H2,1-2H3,(H,17,21). The van der Waals surface area contributed by atoms with E-state index in [4.69, 9.17) is 5.73 Å². The molecule has 1 aromatic heterocycles. The van der Waals surface area contributed by atoms with Gasteiger partial charge in [0.05, 0.1) is 24.0 Å². The Hall–Kier alpha value is -2.21. The number of hydrogen-bond donors (Lipinski definition) is 2. The van der Waals surface area contributed by atoms with E-state index in [9.17, 15) is 4.79 Å². The van der Waals surface area contributed by atoms with Gasteiger partial charge in [0.2, 0.25) is 5.91 Å². The molecule has 0 bridgehead atoms. The second kappa shape index (κ2) is 6.99. The number of hydrogen-bond acceptors (Lipinski definition) is 4. The van der Waals surface area contributed by atoms with Crippen molar-refractivity contribution in [3.63, 3.8) is 0 Å². The first kappa shape index (κ1) is 15.2. The Kier molecular flexibility index (Phi) is 5.05. The summed E-state index contributed by atoms with van der Waals surface area (Å²) < 4.78 is 1.68. The number of benzene rings is 1. The van der Waals surface area contributed by atoms with E-state index in [1.54, 1.807) is 4.68 Å². The fourth-order valence-electron chi connectivity index (χ4n) is 2.02. The average molecular weight is 287 g/mol. The molecule has 0 aliphatic heterocycles. The van der Waals surface area contributed by atoms with Gasteiger partial charge in [0.15, 0.2) is 0 Å². The van der Waals surface area contributed by atoms with E-state index in [1.807, 2.05) is 50.4 Å². The van der Waals surface area contributed by atoms with Crippen molar-refractivity contribution in [2.45, 2.75) is 38.8 Å². The smallest absolute Gasteiger partial charge is 0.237 e. The molecule has 1 amide bonds. The average Bonchev–Trinajstić information content (AvgIpc) is 2.98. The SMILES string of the molecule is CCCC(N)C(=O)NC(C)c1cn(-c2ccccc2)nn1. The number of nitrogens with one attached hydrogen (secondary N) is 1. The molecule has 3 N–H and O–H groups in total. The lowest BCUT2D eigenvalue weighted by atomic mass is 10.1. The third kappa shape index (κ3) is 3.88. The second-order valence-electron chi connectivity index (χ2n) is 5.05. The van der Waals surface area contributed by atoms with Gasteiger partial charge in [0.25, 0.3) is 0 Å². The van der Waals surface area contributed by atoms with Crippen molar-refractivity contribution < 1.29 is 4.79 Å². The zero-order valence-electron chi connectivity index (χ0n) is 12.4. The lowest BCUT2D eigenvalue weighted by Gasteiger charge is -2.15. The first-order chi connectivity index (χ1) is 10.1. The molecule has 2 unspecified atom stereocenters. The van der Waals surface area contributed by atoms with Gasteiger partial charge < -0.3 is 11.1 Å². The molecule has 112 valence electrons. The van der Waals surface area contributed by atoms with Crippen molar-refractivity contribution in [3.05, 3.63) is 42.2 Å². The van der Waals surface area contributed by atoms with Gasteiger partial charge in [-0.3, -0.25) is 4.79 Å². The van der Waals surface area contributed by atoms with Gasteiger partial charge in [-0.05, 0) is 25.5 Å². The van der Waals surface area contributed by atoms with E-state index in [0.29, 0.717) is 12.1 Å². The summed E-state index contributed by atoms with van der Waals surface area (Å²) in [5.41, 5.74) is 7.43. The van der Waals surface area contributed by atoms with Crippen LogP contribution in [0.3, 0.4) is 0 Å². The maximum absolute atomic E-state index is 11.9. The van der Waals surface area contributed by atoms with E-state index >= 15 is 0 Å². The fraction of sp³-hybridized carbons (Fsp3) is 0.400. The van der Waals surface area contributed by atoms with Crippen LogP contribution in [-0.2, 0) is 4.79 Å². The van der Waals surface area contributed by atoms with Crippen LogP contribution in [0.2, 0.25) is 0 Å². The number of para-hydroxylation sites is 1. The Morgan fingerprint density at radius 1 is 1.38 bits per heavy atom. The molecule has 6 heteroatoms. The molecule has 1 aromatic carbocycles. The minimum absolute atomic E-state index is 0.154. The summed E-state index contributed by atoms with van der Waals surface area (Å²) in [5.74, 6) is -0.154. The molecule has 0 aliphatic carbocycles. The third-order valence-electron chi connectivity index (χ3n) is 3.27. The van der Waals surface area contributed by atoms with Crippen molar-refractivity contribution in [2.75, 3.05) is 0 Å². The Balaban J connectivity index is 2.02. The molecule has 2 atom stereocenters. The van der Waals surface area contributed by atoms with Crippen LogP contribution in [-0.4, -0.2) is 26.9 Å². The number of nitrogens with zero attached hydrogens (tertiary/aromatic N) is 3. The quantitative estimate of drug-likeness (QED) is 0.844. The highest BCUT2D eigenvalue weighted by atomic mass is 16.2. The molecule has 6 nitrogen and oxygen atoms in total. The highest BCUT2D eigenvalue weighted by molar-refractivity contribution is 5.81. The maximum Gasteiger partial charge on any atom is 0.237 e. The second-order valence-corrected chi connectivity index (χ2v) is 5.05. The monoisotopic (exact) mass is 287 g/mol. The van der Waals surface area contributed by atoms with E-state index in [2.05, 4.69) is 15.6 Å². The molecule has 0 spiro atoms. The van der Waals surface area contributed by atoms with Crippen LogP contribution in [0.4, 0.5) is 0 Å². The van der Waals surface area contributed by atoms with Gasteiger partial charge in [-0.15, -0.1) is 5.10 Å². The van der Waals surface area contributed by atoms with Crippen LogP contribution in [0.15, 0.2) is 36.5 Å². The van der Waals surface area contributed by atoms with Crippen LogP contribution < -0.4 is 11.1 Å². The Labute approximate surface area is 124 Å². The van der Waals surface area contributed by atoms with Gasteiger partial charge in [0, 0.05) is 0 Å². The highest BCUT2D eigenvalue weighted by Gasteiger charge is 2.17. The molecule has 0 aliphatic rings. The van der Waals surface area contributed by atoms with E-state index in [1.165, 1.54) is 0 Å². The van der Waals surface area contributed by atoms with Crippen molar-refractivity contribution >= 4 is 5.91 Å². The highest BCUT2D eigenvalue weighted by Crippen LogP contribution is 2.12. The Morgan fingerprint density at radius 2 is 2.10 bits per heavy atom. The number of rotatable bonds is 6. The summed E-state index contributed by atoms with van der Waals surface area (Å²) in [5, 5.41) is 11.1. The van der Waals surface area contributed by atoms with Gasteiger partial charge in [-0.1, -0.05) is 36.8 Å². The summed E-state index contributed by atoms with van der Waals surface area (Å²) in [6, 6.07) is 9.01. The predicted molar refractivity (Wildman–Crippen MR) is 80.8 cm³/mol. The van der Waals surface area contributed by atoms with E-state index in [-0.39, 0.29) is 11.9 Å². The minimum atomic E-state index is -0.471. The van der Waals surface area contributed by atoms with Gasteiger partial charge in [-0.25, -0.2) is 4.68 Å². The molecular formula is C15H21N5O. The first-order valence-corrected chi connectivity index (χ1v) is 7.15. The number of amides is 1. The van der Waals surface area contributed by atoms with Crippen molar-refractivity contribution in [1.82, 2.24) is 20.3 Å². The molecule has 2 rings (SSSR count). The largest absolute Gasteiger partial charge is 0.347 e. The molecule has 0 radical (unpaired) electrons. The lowest BCUT2D eigenvalue weighted by molar-refractivity contribution is -0.123. The van der Waals surface area contributed by atoms with E-state index in [0.717, 1.165) is 12.1 Å². The molecule has 2 aromatic rings. The van der Waals surface area contributed by atoms with E-state index < -0.39 is 6.04 Å². The van der Waals surface area contributed by atoms with Gasteiger partial charge >= 0.3 is 0 Å². The molecule has 0 fully saturated rings. The zero-order chi connectivity index (χ0) is 15.2. The lowest BCUT2D eigenvalue weighted by Crippen LogP contribution is -2.41. The normalized spacial score (nSPS) is 13.7. The summed E-state index contributed by atoms with van der Waals surface area (Å²) in [6.07, 6.45) is 3.37. The number of carbonyl (C=O) groups is 1. The Morgan fingerprint density at radius 3 is 2.76 bits per heavy atom. The van der Waals surface area contributed by atoms with Gasteiger partial charge in [0.1, 0.15) is 5.69 Å². The molecule has 0 saturated carbocycles. The van der Waals surface area contributed by atoms with Crippen LogP contribution in [0, 0.1) is 0 Å². The van der Waals surface area contributed by atoms with Crippen molar-refractivity contribution in [1.29, 1.82) is 0 Å². The number of aromatic nitrogens is 3. The van der Waals surface area contributed by atoms with Crippen LogP contribution in [0.5, 0.6) is 0 Å². The van der Waals surface area contributed by atoms with Crippen LogP contribution in [0.25, 0.3) is 5.69 Å². The Bertz CT molecular complexity index is 581. The first-order valence-electron chi connectivity index (χ1n) is 7.15. The summed E-state index contributed by atoms with van der Waals surface area (Å²) in [4.78, 5) is 11.9. The summed E-state index contributed by atoms with van der Waals surface area (Å²) in [6.45, 7) is 3.87. The summed E-state index contributed by atoms with van der Waals surface area (Å²) >= 11 is 0. The maximum atomic E-state index is 11.9. The number of carbonyl (C=O) groups excluding carboxylic acids is 1. The van der Waals surface area contributed by atoms with Crippen molar-refractivity contribution in [2.24, 2.45) is 5.73 Å². The zero-order valence-corrected chi connectivity index (χ0v) is 12.4. The predicted octanol–water partition coefficient (Wildman–Crippen LogP) is 1.57. The molecule has 0 saturated heterocycles. The van der Waals surface area contributed by atoms with Crippen molar-refractivity contribution in [3.8, 4) is 5.69 Å². The molecule has 1 heterocycles. The molecule has 21 heavy (non-hydrogen) atoms. The molecular weight excluding hydrogens is 266 g/mol. The van der Waals surface area contributed by atoms with Crippen LogP contribution >= 0.6 is 0 Å². The van der Waals surface area contributed by atoms with Gasteiger partial charge in [-0.2, -0.15) is 0 Å².